The first-order chi connectivity index (χ1) is 8.52. The van der Waals surface area contributed by atoms with Gasteiger partial charge in [0.15, 0.2) is 0 Å². The molecule has 0 aliphatic rings. The molecular formula is C13H16N2O3. The highest BCUT2D eigenvalue weighted by Crippen LogP contribution is 2.10. The van der Waals surface area contributed by atoms with Crippen LogP contribution in [0.3, 0.4) is 0 Å². The predicted molar refractivity (Wildman–Crippen MR) is 69.6 cm³/mol. The standard InChI is InChI=1S/C13H16N2O3/c1-10(16)14-12-7-4-11(5-8-12)6-9-13(17)15(2)18-3/h4-9H,1-3H3,(H,14,16)/b9-6+. The zero-order valence-corrected chi connectivity index (χ0v) is 10.6. The van der Waals surface area contributed by atoms with E-state index in [-0.39, 0.29) is 11.8 Å². The summed E-state index contributed by atoms with van der Waals surface area (Å²) < 4.78 is 0. The maximum Gasteiger partial charge on any atom is 0.269 e. The van der Waals surface area contributed by atoms with Crippen LogP contribution in [0.1, 0.15) is 12.5 Å². The highest BCUT2D eigenvalue weighted by molar-refractivity contribution is 5.91. The van der Waals surface area contributed by atoms with Crippen molar-refractivity contribution in [1.82, 2.24) is 5.06 Å². The molecule has 0 unspecified atom stereocenters. The van der Waals surface area contributed by atoms with Crippen molar-refractivity contribution < 1.29 is 14.4 Å². The van der Waals surface area contributed by atoms with Crippen LogP contribution in [-0.2, 0) is 14.4 Å². The van der Waals surface area contributed by atoms with E-state index in [1.165, 1.54) is 27.2 Å². The molecule has 18 heavy (non-hydrogen) atoms. The zero-order chi connectivity index (χ0) is 13.5. The van der Waals surface area contributed by atoms with Crippen molar-refractivity contribution in [2.45, 2.75) is 6.92 Å². The van der Waals surface area contributed by atoms with Crippen LogP contribution in [0.4, 0.5) is 5.69 Å². The Morgan fingerprint density at radius 1 is 1.28 bits per heavy atom. The molecular weight excluding hydrogens is 232 g/mol. The second-order valence-electron chi connectivity index (χ2n) is 3.65. The van der Waals surface area contributed by atoms with Crippen LogP contribution in [0.5, 0.6) is 0 Å². The maximum atomic E-state index is 11.4. The quantitative estimate of drug-likeness (QED) is 0.651. The Kier molecular flexibility index (Phi) is 5.07. The van der Waals surface area contributed by atoms with Gasteiger partial charge in [0.1, 0.15) is 0 Å². The summed E-state index contributed by atoms with van der Waals surface area (Å²) in [4.78, 5) is 27.0. The molecule has 2 amide bonds. The number of carbonyl (C=O) groups excluding carboxylic acids is 2. The molecule has 1 N–H and O–H groups in total. The SMILES string of the molecule is CON(C)C(=O)/C=C/c1ccc(NC(C)=O)cc1. The Bertz CT molecular complexity index is 452. The second kappa shape index (κ2) is 6.56. The molecule has 0 saturated heterocycles. The zero-order valence-electron chi connectivity index (χ0n) is 10.6. The molecule has 5 heteroatoms. The van der Waals surface area contributed by atoms with E-state index >= 15 is 0 Å². The normalized spacial score (nSPS) is 10.4. The van der Waals surface area contributed by atoms with Crippen LogP contribution in [0.2, 0.25) is 0 Å². The molecule has 96 valence electrons. The van der Waals surface area contributed by atoms with Crippen LogP contribution in [0.15, 0.2) is 30.3 Å². The van der Waals surface area contributed by atoms with Gasteiger partial charge in [-0.2, -0.15) is 0 Å². The van der Waals surface area contributed by atoms with Crippen molar-refractivity contribution in [1.29, 1.82) is 0 Å². The fourth-order valence-electron chi connectivity index (χ4n) is 1.24. The number of hydrogen-bond donors (Lipinski definition) is 1. The third-order valence-corrected chi connectivity index (χ3v) is 2.23. The summed E-state index contributed by atoms with van der Waals surface area (Å²) in [5.74, 6) is -0.362. The van der Waals surface area contributed by atoms with Crippen molar-refractivity contribution in [2.75, 3.05) is 19.5 Å². The van der Waals surface area contributed by atoms with Crippen LogP contribution in [0.25, 0.3) is 6.08 Å². The van der Waals surface area contributed by atoms with Gasteiger partial charge in [-0.05, 0) is 23.8 Å². The Hall–Kier alpha value is -2.14. The van der Waals surface area contributed by atoms with E-state index in [9.17, 15) is 9.59 Å². The molecule has 0 fully saturated rings. The number of anilines is 1. The molecule has 0 heterocycles. The van der Waals surface area contributed by atoms with E-state index in [0.29, 0.717) is 0 Å². The fraction of sp³-hybridized carbons (Fsp3) is 0.231. The third-order valence-electron chi connectivity index (χ3n) is 2.23. The van der Waals surface area contributed by atoms with E-state index in [0.717, 1.165) is 16.3 Å². The van der Waals surface area contributed by atoms with Gasteiger partial charge in [0, 0.05) is 25.7 Å². The monoisotopic (exact) mass is 248 g/mol. The van der Waals surface area contributed by atoms with Gasteiger partial charge in [0.05, 0.1) is 7.11 Å². The molecule has 0 atom stereocenters. The number of benzene rings is 1. The Morgan fingerprint density at radius 3 is 2.39 bits per heavy atom. The lowest BCUT2D eigenvalue weighted by molar-refractivity contribution is -0.162. The second-order valence-corrected chi connectivity index (χ2v) is 3.65. The van der Waals surface area contributed by atoms with Gasteiger partial charge in [-0.25, -0.2) is 5.06 Å². The number of nitrogens with one attached hydrogen (secondary N) is 1. The van der Waals surface area contributed by atoms with Crippen LogP contribution >= 0.6 is 0 Å². The molecule has 1 aromatic rings. The predicted octanol–water partition coefficient (Wildman–Crippen LogP) is 1.68. The molecule has 0 aliphatic heterocycles. The van der Waals surface area contributed by atoms with Gasteiger partial charge in [0.25, 0.3) is 5.91 Å². The average Bonchev–Trinajstić information content (AvgIpc) is 2.36. The summed E-state index contributed by atoms with van der Waals surface area (Å²) in [6.07, 6.45) is 3.09. The minimum absolute atomic E-state index is 0.116. The van der Waals surface area contributed by atoms with Crippen molar-refractivity contribution in [2.24, 2.45) is 0 Å². The minimum Gasteiger partial charge on any atom is -0.326 e. The maximum absolute atomic E-state index is 11.4. The van der Waals surface area contributed by atoms with Crippen LogP contribution in [0, 0.1) is 0 Å². The largest absolute Gasteiger partial charge is 0.326 e. The molecule has 1 rings (SSSR count). The summed E-state index contributed by atoms with van der Waals surface area (Å²) in [6, 6.07) is 7.15. The summed E-state index contributed by atoms with van der Waals surface area (Å²) >= 11 is 0. The minimum atomic E-state index is -0.247. The molecule has 0 aliphatic carbocycles. The van der Waals surface area contributed by atoms with E-state index in [1.54, 1.807) is 18.2 Å². The lowest BCUT2D eigenvalue weighted by atomic mass is 10.2. The van der Waals surface area contributed by atoms with Gasteiger partial charge >= 0.3 is 0 Å². The van der Waals surface area contributed by atoms with Gasteiger partial charge in [-0.15, -0.1) is 0 Å². The lowest BCUT2D eigenvalue weighted by Crippen LogP contribution is -2.22. The highest BCUT2D eigenvalue weighted by Gasteiger charge is 2.01. The average molecular weight is 248 g/mol. The van der Waals surface area contributed by atoms with Crippen molar-refractivity contribution in [3.63, 3.8) is 0 Å². The van der Waals surface area contributed by atoms with Crippen molar-refractivity contribution in [3.8, 4) is 0 Å². The summed E-state index contributed by atoms with van der Waals surface area (Å²) in [7, 11) is 2.96. The Balaban J connectivity index is 2.66. The fourth-order valence-corrected chi connectivity index (χ4v) is 1.24. The van der Waals surface area contributed by atoms with E-state index < -0.39 is 0 Å². The Morgan fingerprint density at radius 2 is 1.89 bits per heavy atom. The molecule has 1 aromatic carbocycles. The molecule has 0 aromatic heterocycles. The van der Waals surface area contributed by atoms with Crippen molar-refractivity contribution >= 4 is 23.6 Å². The molecule has 5 nitrogen and oxygen atoms in total. The molecule has 0 bridgehead atoms. The van der Waals surface area contributed by atoms with Crippen molar-refractivity contribution in [3.05, 3.63) is 35.9 Å². The smallest absolute Gasteiger partial charge is 0.269 e. The summed E-state index contributed by atoms with van der Waals surface area (Å²) in [6.45, 7) is 1.45. The Labute approximate surface area is 106 Å². The van der Waals surface area contributed by atoms with E-state index in [2.05, 4.69) is 5.32 Å². The first-order valence-corrected chi connectivity index (χ1v) is 5.40. The lowest BCUT2D eigenvalue weighted by Gasteiger charge is -2.10. The van der Waals surface area contributed by atoms with Gasteiger partial charge in [0.2, 0.25) is 5.91 Å². The van der Waals surface area contributed by atoms with E-state index in [4.69, 9.17) is 4.84 Å². The first kappa shape index (κ1) is 13.9. The number of hydroxylamine groups is 2. The van der Waals surface area contributed by atoms with Gasteiger partial charge in [-0.1, -0.05) is 12.1 Å². The van der Waals surface area contributed by atoms with Gasteiger partial charge < -0.3 is 5.32 Å². The van der Waals surface area contributed by atoms with Crippen LogP contribution in [-0.4, -0.2) is 31.0 Å². The molecule has 0 saturated carbocycles. The number of carbonyl (C=O) groups is 2. The number of rotatable bonds is 4. The highest BCUT2D eigenvalue weighted by atomic mass is 16.7. The number of likely N-dealkylation sites (N-methyl/N-ethyl adjacent to an activating group) is 1. The summed E-state index contributed by atoms with van der Waals surface area (Å²) in [5, 5.41) is 3.79. The first-order valence-electron chi connectivity index (χ1n) is 5.40. The number of amides is 2. The molecule has 0 radical (unpaired) electrons. The number of nitrogens with zero attached hydrogens (tertiary/aromatic N) is 1. The van der Waals surface area contributed by atoms with Crippen LogP contribution < -0.4 is 5.32 Å². The summed E-state index contributed by atoms with van der Waals surface area (Å²) in [5.41, 5.74) is 1.59. The molecule has 0 spiro atoms. The number of hydrogen-bond acceptors (Lipinski definition) is 3. The topological polar surface area (TPSA) is 58.6 Å². The van der Waals surface area contributed by atoms with E-state index in [1.807, 2.05) is 12.1 Å². The van der Waals surface area contributed by atoms with Gasteiger partial charge in [-0.3, -0.25) is 14.4 Å². The third kappa shape index (κ3) is 4.39.